The third-order valence-corrected chi connectivity index (χ3v) is 7.92. The molecule has 1 fully saturated rings. The topological polar surface area (TPSA) is 91.8 Å². The van der Waals surface area contributed by atoms with Gasteiger partial charge in [-0.25, -0.2) is 18.2 Å². The minimum atomic E-state index is -4.98. The Hall–Kier alpha value is -3.16. The molecule has 1 saturated heterocycles. The van der Waals surface area contributed by atoms with Crippen molar-refractivity contribution >= 4 is 39.3 Å². The fraction of sp³-hybridized carbons (Fsp3) is 0.273. The number of benzene rings is 2. The van der Waals surface area contributed by atoms with Crippen molar-refractivity contribution in [2.24, 2.45) is 0 Å². The molecular formula is C22H21F3N4O4S2. The van der Waals surface area contributed by atoms with Gasteiger partial charge in [0.1, 0.15) is 17.5 Å². The Morgan fingerprint density at radius 3 is 2.51 bits per heavy atom. The summed E-state index contributed by atoms with van der Waals surface area (Å²) in [5.41, 5.74) is 2.26. The maximum atomic E-state index is 14.9. The Morgan fingerprint density at radius 1 is 1.23 bits per heavy atom. The summed E-state index contributed by atoms with van der Waals surface area (Å²) < 4.78 is 70.2. The number of thiazole rings is 1. The Morgan fingerprint density at radius 2 is 1.94 bits per heavy atom. The van der Waals surface area contributed by atoms with E-state index >= 15 is 0 Å². The first-order chi connectivity index (χ1) is 16.7. The number of hydrogen-bond donors (Lipinski definition) is 1. The third kappa shape index (κ3) is 4.97. The van der Waals surface area contributed by atoms with Crippen molar-refractivity contribution in [1.29, 1.82) is 0 Å². The molecule has 186 valence electrons. The van der Waals surface area contributed by atoms with Crippen molar-refractivity contribution in [3.05, 3.63) is 69.8 Å². The lowest BCUT2D eigenvalue weighted by molar-refractivity contribution is -0.128. The zero-order valence-corrected chi connectivity index (χ0v) is 20.1. The van der Waals surface area contributed by atoms with Crippen LogP contribution in [0.4, 0.5) is 24.7 Å². The van der Waals surface area contributed by atoms with E-state index in [9.17, 15) is 26.4 Å². The summed E-state index contributed by atoms with van der Waals surface area (Å²) in [5.74, 6) is -3.66. The van der Waals surface area contributed by atoms with Crippen molar-refractivity contribution in [2.75, 3.05) is 22.9 Å². The van der Waals surface area contributed by atoms with E-state index in [0.717, 1.165) is 48.5 Å². The number of likely N-dealkylation sites (tertiary alicyclic amines) is 1. The summed E-state index contributed by atoms with van der Waals surface area (Å²) in [6, 6.07) is 6.23. The van der Waals surface area contributed by atoms with Crippen LogP contribution in [0.5, 0.6) is 0 Å². The summed E-state index contributed by atoms with van der Waals surface area (Å²) >= 11 is 0.987. The lowest BCUT2D eigenvalue weighted by atomic mass is 9.97. The predicted octanol–water partition coefficient (Wildman–Crippen LogP) is 4.22. The molecule has 0 bridgehead atoms. The molecule has 35 heavy (non-hydrogen) atoms. The number of aromatic nitrogens is 1. The molecule has 0 aliphatic carbocycles. The van der Waals surface area contributed by atoms with Crippen molar-refractivity contribution in [2.45, 2.75) is 30.8 Å². The molecule has 2 aromatic carbocycles. The van der Waals surface area contributed by atoms with E-state index < -0.39 is 32.4 Å². The molecule has 0 spiro atoms. The zero-order chi connectivity index (χ0) is 25.2. The van der Waals surface area contributed by atoms with Crippen LogP contribution in [0.25, 0.3) is 0 Å². The van der Waals surface area contributed by atoms with Gasteiger partial charge in [-0.2, -0.15) is 8.42 Å². The van der Waals surface area contributed by atoms with E-state index in [1.165, 1.54) is 17.0 Å². The van der Waals surface area contributed by atoms with Gasteiger partial charge in [0, 0.05) is 29.2 Å². The van der Waals surface area contributed by atoms with Gasteiger partial charge in [0.05, 0.1) is 5.51 Å². The molecule has 0 unspecified atom stereocenters. The first-order valence-electron chi connectivity index (χ1n) is 10.5. The van der Waals surface area contributed by atoms with Crippen molar-refractivity contribution in [3.8, 4) is 0 Å². The Balaban J connectivity index is 1.60. The van der Waals surface area contributed by atoms with Gasteiger partial charge in [0.2, 0.25) is 0 Å². The summed E-state index contributed by atoms with van der Waals surface area (Å²) in [6.45, 7) is 3.50. The van der Waals surface area contributed by atoms with Crippen molar-refractivity contribution in [1.82, 2.24) is 9.88 Å². The van der Waals surface area contributed by atoms with Crippen LogP contribution in [0.1, 0.15) is 30.5 Å². The van der Waals surface area contributed by atoms with Gasteiger partial charge >= 0.3 is 16.5 Å². The first kappa shape index (κ1) is 24.9. The minimum Gasteiger partial charge on any atom is -0.381 e. The quantitative estimate of drug-likeness (QED) is 0.312. The molecular weight excluding hydrogens is 505 g/mol. The van der Waals surface area contributed by atoms with Crippen LogP contribution in [0.2, 0.25) is 0 Å². The number of halogens is 3. The van der Waals surface area contributed by atoms with Gasteiger partial charge < -0.3 is 10.2 Å². The highest BCUT2D eigenvalue weighted by Gasteiger charge is 2.35. The molecule has 0 saturated carbocycles. The van der Waals surface area contributed by atoms with Crippen LogP contribution in [-0.2, 0) is 26.2 Å². The van der Waals surface area contributed by atoms with Crippen LogP contribution >= 0.6 is 11.3 Å². The van der Waals surface area contributed by atoms with E-state index in [-0.39, 0.29) is 35.0 Å². The molecule has 1 atom stereocenters. The number of anilines is 2. The second-order valence-corrected chi connectivity index (χ2v) is 10.2. The average Bonchev–Trinajstić information content (AvgIpc) is 3.28. The highest BCUT2D eigenvalue weighted by molar-refractivity contribution is 7.92. The normalized spacial score (nSPS) is 14.7. The summed E-state index contributed by atoms with van der Waals surface area (Å²) in [7, 11) is -4.98. The molecule has 13 heteroatoms. The van der Waals surface area contributed by atoms with Crippen molar-refractivity contribution < 1.29 is 31.2 Å². The second-order valence-electron chi connectivity index (χ2n) is 7.78. The number of rotatable bonds is 10. The Kier molecular flexibility index (Phi) is 7.28. The van der Waals surface area contributed by atoms with Crippen LogP contribution < -0.4 is 9.79 Å². The molecule has 1 aromatic heterocycles. The van der Waals surface area contributed by atoms with E-state index in [4.69, 9.17) is 0 Å². The maximum Gasteiger partial charge on any atom is 0.322 e. The van der Waals surface area contributed by atoms with Crippen LogP contribution in [0, 0.1) is 17.5 Å². The van der Waals surface area contributed by atoms with Crippen LogP contribution in [-0.4, -0.2) is 37.9 Å². The number of hydrogen-bond acceptors (Lipinski definition) is 8. The van der Waals surface area contributed by atoms with Crippen LogP contribution in [0.15, 0.2) is 46.1 Å². The van der Waals surface area contributed by atoms with E-state index in [1.807, 2.05) is 6.92 Å². The highest BCUT2D eigenvalue weighted by atomic mass is 32.2. The maximum absolute atomic E-state index is 14.9. The largest absolute Gasteiger partial charge is 0.381 e. The Labute approximate surface area is 204 Å². The predicted molar refractivity (Wildman–Crippen MR) is 124 cm³/mol. The van der Waals surface area contributed by atoms with Gasteiger partial charge in [-0.15, -0.1) is 11.3 Å². The fourth-order valence-electron chi connectivity index (χ4n) is 3.83. The number of carbonyl (C=O) groups excluding carboxylic acids is 1. The first-order valence-corrected chi connectivity index (χ1v) is 12.9. The molecule has 0 amide bonds. The standard InChI is InChI=1S/C22H21F3N4O4S2/c1-14(28-6-3-7-28)16-4-2-5-18(23)17(16)10-26-15-8-19(24)22(20(25)9-15)35(31,32)29(33-13-30)21-11-34-12-27-21/h2,4-5,8-9,11-14,26H,3,6-7,10H2,1H3/t14-/m0/s1. The van der Waals surface area contributed by atoms with Crippen molar-refractivity contribution in [3.63, 3.8) is 0 Å². The lowest BCUT2D eigenvalue weighted by Crippen LogP contribution is -2.39. The fourth-order valence-corrected chi connectivity index (χ4v) is 5.67. The van der Waals surface area contributed by atoms with Gasteiger partial charge in [-0.1, -0.05) is 16.6 Å². The molecule has 4 rings (SSSR count). The minimum absolute atomic E-state index is 0.0354. The molecule has 1 aliphatic heterocycles. The molecule has 3 aromatic rings. The second kappa shape index (κ2) is 10.2. The number of sulfonamides is 1. The van der Waals surface area contributed by atoms with Gasteiger partial charge in [0.15, 0.2) is 10.7 Å². The van der Waals surface area contributed by atoms with E-state index in [0.29, 0.717) is 5.56 Å². The molecule has 8 nitrogen and oxygen atoms in total. The summed E-state index contributed by atoms with van der Waals surface area (Å²) in [4.78, 5) is 19.8. The molecule has 0 radical (unpaired) electrons. The van der Waals surface area contributed by atoms with E-state index in [2.05, 4.69) is 20.0 Å². The average molecular weight is 527 g/mol. The Bertz CT molecular complexity index is 1300. The van der Waals surface area contributed by atoms with Gasteiger partial charge in [-0.05, 0) is 50.2 Å². The smallest absolute Gasteiger partial charge is 0.322 e. The third-order valence-electron chi connectivity index (χ3n) is 5.73. The van der Waals surface area contributed by atoms with Crippen LogP contribution in [0.3, 0.4) is 0 Å². The molecule has 1 N–H and O–H groups in total. The molecule has 2 heterocycles. The van der Waals surface area contributed by atoms with Gasteiger partial charge in [0.25, 0.3) is 0 Å². The van der Waals surface area contributed by atoms with E-state index in [1.54, 1.807) is 12.1 Å². The lowest BCUT2D eigenvalue weighted by Gasteiger charge is -2.37. The zero-order valence-electron chi connectivity index (χ0n) is 18.4. The summed E-state index contributed by atoms with van der Waals surface area (Å²) in [5, 5.41) is 3.99. The molecule has 1 aliphatic rings. The number of carbonyl (C=O) groups is 1. The monoisotopic (exact) mass is 526 g/mol. The summed E-state index contributed by atoms with van der Waals surface area (Å²) in [6.07, 6.45) is 1.07. The SMILES string of the molecule is C[C@@H](c1cccc(F)c1CNc1cc(F)c(S(=O)(=O)N(OC=O)c2cscn2)c(F)c1)N1CCC1. The number of nitrogens with one attached hydrogen (secondary N) is 1. The van der Waals surface area contributed by atoms with Gasteiger partial charge in [-0.3, -0.25) is 9.69 Å². The number of nitrogens with zero attached hydrogens (tertiary/aromatic N) is 3. The highest BCUT2D eigenvalue weighted by Crippen LogP contribution is 2.32.